The Morgan fingerprint density at radius 2 is 2.00 bits per heavy atom. The minimum absolute atomic E-state index is 0.347. The van der Waals surface area contributed by atoms with Crippen LogP contribution in [0.15, 0.2) is 18.2 Å². The number of aromatic nitrogens is 1. The smallest absolute Gasteiger partial charge is 0.343 e. The van der Waals surface area contributed by atoms with Gasteiger partial charge in [-0.25, -0.2) is 4.79 Å². The van der Waals surface area contributed by atoms with E-state index in [-0.39, 0.29) is 0 Å². The molecule has 1 amide bonds. The molecule has 0 spiro atoms. The number of carbonyl (C=O) groups is 2. The summed E-state index contributed by atoms with van der Waals surface area (Å²) in [5.41, 5.74) is 2.41. The summed E-state index contributed by atoms with van der Waals surface area (Å²) < 4.78 is 14.6. The molecule has 2 aromatic rings. The fourth-order valence-electron chi connectivity index (χ4n) is 2.21. The van der Waals surface area contributed by atoms with Gasteiger partial charge in [-0.2, -0.15) is 4.37 Å². The molecule has 0 fully saturated rings. The lowest BCUT2D eigenvalue weighted by Crippen LogP contribution is -2.30. The molecule has 1 heterocycles. The van der Waals surface area contributed by atoms with Crippen molar-refractivity contribution in [2.75, 3.05) is 24.8 Å². The highest BCUT2D eigenvalue weighted by molar-refractivity contribution is 7.10. The number of aryl methyl sites for hydroxylation is 2. The Morgan fingerprint density at radius 1 is 1.28 bits per heavy atom. The maximum Gasteiger partial charge on any atom is 0.343 e. The second kappa shape index (κ2) is 7.98. The number of benzene rings is 1. The van der Waals surface area contributed by atoms with Crippen molar-refractivity contribution < 1.29 is 19.1 Å². The number of esters is 1. The monoisotopic (exact) mass is 363 g/mol. The lowest BCUT2D eigenvalue weighted by atomic mass is 10.2. The largest absolute Gasteiger partial charge is 0.495 e. The zero-order valence-corrected chi connectivity index (χ0v) is 15.6. The molecule has 1 unspecified atom stereocenters. The predicted molar refractivity (Wildman–Crippen MR) is 97.6 cm³/mol. The third-order valence-electron chi connectivity index (χ3n) is 3.56. The predicted octanol–water partition coefficient (Wildman–Crippen LogP) is 2.99. The average molecular weight is 363 g/mol. The van der Waals surface area contributed by atoms with E-state index in [0.29, 0.717) is 27.7 Å². The van der Waals surface area contributed by atoms with E-state index >= 15 is 0 Å². The molecule has 0 saturated heterocycles. The summed E-state index contributed by atoms with van der Waals surface area (Å²) in [6.07, 6.45) is -0.971. The van der Waals surface area contributed by atoms with Gasteiger partial charge < -0.3 is 20.1 Å². The molecule has 7 nitrogen and oxygen atoms in total. The topological polar surface area (TPSA) is 89.5 Å². The minimum atomic E-state index is -0.971. The van der Waals surface area contributed by atoms with Crippen LogP contribution in [0.4, 0.5) is 10.7 Å². The van der Waals surface area contributed by atoms with Crippen LogP contribution in [0.3, 0.4) is 0 Å². The summed E-state index contributed by atoms with van der Waals surface area (Å²) in [6, 6.07) is 5.43. The highest BCUT2D eigenvalue weighted by atomic mass is 32.1. The quantitative estimate of drug-likeness (QED) is 0.767. The van der Waals surface area contributed by atoms with Gasteiger partial charge in [0.05, 0.1) is 18.5 Å². The molecule has 134 valence electrons. The van der Waals surface area contributed by atoms with E-state index in [1.807, 2.05) is 13.0 Å². The second-order valence-corrected chi connectivity index (χ2v) is 6.24. The fraction of sp³-hybridized carbons (Fsp3) is 0.353. The Labute approximate surface area is 150 Å². The third-order valence-corrected chi connectivity index (χ3v) is 4.52. The summed E-state index contributed by atoms with van der Waals surface area (Å²) in [6.45, 7) is 5.14. The van der Waals surface area contributed by atoms with Gasteiger partial charge in [-0.05, 0) is 50.0 Å². The maximum absolute atomic E-state index is 12.4. The van der Waals surface area contributed by atoms with Crippen LogP contribution in [0.2, 0.25) is 0 Å². The van der Waals surface area contributed by atoms with Crippen molar-refractivity contribution >= 4 is 34.1 Å². The first-order valence-corrected chi connectivity index (χ1v) is 8.45. The summed E-state index contributed by atoms with van der Waals surface area (Å²) in [4.78, 5) is 24.7. The number of carbonyl (C=O) groups excluding carboxylic acids is 2. The van der Waals surface area contributed by atoms with Crippen molar-refractivity contribution in [1.29, 1.82) is 0 Å². The standard InChI is InChI=1S/C17H21N3O4S/c1-9-6-7-13(23-5)12(8-9)19-15(21)11(3)24-17(22)14-10(2)20-25-16(14)18-4/h6-8,11,18H,1-5H3,(H,19,21). The molecular formula is C17H21N3O4S. The molecule has 1 aromatic heterocycles. The van der Waals surface area contributed by atoms with E-state index in [9.17, 15) is 9.59 Å². The van der Waals surface area contributed by atoms with Crippen LogP contribution in [0, 0.1) is 13.8 Å². The van der Waals surface area contributed by atoms with E-state index in [1.54, 1.807) is 26.1 Å². The molecule has 1 atom stereocenters. The van der Waals surface area contributed by atoms with Gasteiger partial charge in [-0.3, -0.25) is 4.79 Å². The molecule has 2 N–H and O–H groups in total. The first-order valence-electron chi connectivity index (χ1n) is 7.67. The summed E-state index contributed by atoms with van der Waals surface area (Å²) in [5.74, 6) is -0.494. The Bertz CT molecular complexity index is 788. The van der Waals surface area contributed by atoms with Crippen LogP contribution in [0.5, 0.6) is 5.75 Å². The summed E-state index contributed by atoms with van der Waals surface area (Å²) in [7, 11) is 3.22. The van der Waals surface area contributed by atoms with Crippen molar-refractivity contribution in [2.24, 2.45) is 0 Å². The summed E-state index contributed by atoms with van der Waals surface area (Å²) in [5, 5.41) is 6.23. The number of nitrogens with zero attached hydrogens (tertiary/aromatic N) is 1. The van der Waals surface area contributed by atoms with Crippen molar-refractivity contribution in [3.05, 3.63) is 35.0 Å². The molecule has 0 aliphatic rings. The molecular weight excluding hydrogens is 342 g/mol. The molecule has 0 saturated carbocycles. The van der Waals surface area contributed by atoms with Gasteiger partial charge in [0.15, 0.2) is 6.10 Å². The normalized spacial score (nSPS) is 11.6. The molecule has 25 heavy (non-hydrogen) atoms. The number of rotatable bonds is 6. The Hall–Kier alpha value is -2.61. The Morgan fingerprint density at radius 3 is 2.64 bits per heavy atom. The minimum Gasteiger partial charge on any atom is -0.495 e. The van der Waals surface area contributed by atoms with Crippen LogP contribution in [-0.4, -0.2) is 36.5 Å². The van der Waals surface area contributed by atoms with E-state index in [4.69, 9.17) is 9.47 Å². The zero-order valence-electron chi connectivity index (χ0n) is 14.8. The van der Waals surface area contributed by atoms with Crippen LogP contribution < -0.4 is 15.4 Å². The van der Waals surface area contributed by atoms with Crippen LogP contribution in [-0.2, 0) is 9.53 Å². The van der Waals surface area contributed by atoms with Crippen molar-refractivity contribution in [3.63, 3.8) is 0 Å². The highest BCUT2D eigenvalue weighted by Gasteiger charge is 2.24. The highest BCUT2D eigenvalue weighted by Crippen LogP contribution is 2.27. The summed E-state index contributed by atoms with van der Waals surface area (Å²) >= 11 is 1.17. The number of amides is 1. The second-order valence-electron chi connectivity index (χ2n) is 5.46. The van der Waals surface area contributed by atoms with Crippen molar-refractivity contribution in [1.82, 2.24) is 4.37 Å². The number of methoxy groups -OCH3 is 1. The van der Waals surface area contributed by atoms with Gasteiger partial charge in [0.2, 0.25) is 0 Å². The maximum atomic E-state index is 12.4. The Balaban J connectivity index is 2.09. The van der Waals surface area contributed by atoms with Crippen LogP contribution in [0.25, 0.3) is 0 Å². The number of hydrogen-bond acceptors (Lipinski definition) is 7. The van der Waals surface area contributed by atoms with E-state index in [0.717, 1.165) is 5.56 Å². The molecule has 0 radical (unpaired) electrons. The van der Waals surface area contributed by atoms with E-state index < -0.39 is 18.0 Å². The number of anilines is 2. The molecule has 0 bridgehead atoms. The molecule has 2 rings (SSSR count). The number of nitrogens with one attached hydrogen (secondary N) is 2. The van der Waals surface area contributed by atoms with Crippen molar-refractivity contribution in [3.8, 4) is 5.75 Å². The SMILES string of the molecule is CNc1snc(C)c1C(=O)OC(C)C(=O)Nc1cc(C)ccc1OC. The average Bonchev–Trinajstić information content (AvgIpc) is 2.95. The van der Waals surface area contributed by atoms with Gasteiger partial charge >= 0.3 is 5.97 Å². The fourth-order valence-corrected chi connectivity index (χ4v) is 2.94. The zero-order chi connectivity index (χ0) is 18.6. The Kier molecular flexibility index (Phi) is 5.97. The van der Waals surface area contributed by atoms with Crippen molar-refractivity contribution in [2.45, 2.75) is 26.9 Å². The first-order chi connectivity index (χ1) is 11.9. The first kappa shape index (κ1) is 18.7. The number of ether oxygens (including phenoxy) is 2. The lowest BCUT2D eigenvalue weighted by Gasteiger charge is -2.16. The van der Waals surface area contributed by atoms with Crippen LogP contribution >= 0.6 is 11.5 Å². The van der Waals surface area contributed by atoms with Crippen LogP contribution in [0.1, 0.15) is 28.5 Å². The molecule has 8 heteroatoms. The van der Waals surface area contributed by atoms with Gasteiger partial charge in [0.1, 0.15) is 16.3 Å². The number of hydrogen-bond donors (Lipinski definition) is 2. The van der Waals surface area contributed by atoms with Gasteiger partial charge in [-0.1, -0.05) is 6.07 Å². The van der Waals surface area contributed by atoms with Gasteiger partial charge in [-0.15, -0.1) is 0 Å². The van der Waals surface area contributed by atoms with E-state index in [1.165, 1.54) is 25.6 Å². The van der Waals surface area contributed by atoms with Gasteiger partial charge in [0.25, 0.3) is 5.91 Å². The van der Waals surface area contributed by atoms with E-state index in [2.05, 4.69) is 15.0 Å². The molecule has 0 aliphatic carbocycles. The molecule has 1 aromatic carbocycles. The third kappa shape index (κ3) is 4.27. The van der Waals surface area contributed by atoms with Gasteiger partial charge in [0, 0.05) is 7.05 Å². The lowest BCUT2D eigenvalue weighted by molar-refractivity contribution is -0.123. The molecule has 0 aliphatic heterocycles.